The van der Waals surface area contributed by atoms with Crippen molar-refractivity contribution >= 4 is 23.5 Å². The summed E-state index contributed by atoms with van der Waals surface area (Å²) in [6.45, 7) is 2.22. The molecule has 8 heteroatoms. The molecule has 4 rings (SSSR count). The third kappa shape index (κ3) is 6.17. The highest BCUT2D eigenvalue weighted by atomic mass is 16.5. The highest BCUT2D eigenvalue weighted by Crippen LogP contribution is 2.18. The Morgan fingerprint density at radius 3 is 2.26 bits per heavy atom. The molecule has 0 aliphatic carbocycles. The number of anilines is 1. The third-order valence-electron chi connectivity index (χ3n) is 5.85. The third-order valence-corrected chi connectivity index (χ3v) is 5.85. The molecule has 1 aliphatic rings. The Labute approximate surface area is 204 Å². The lowest BCUT2D eigenvalue weighted by molar-refractivity contribution is 0.0671. The number of carbonyl (C=O) groups is 3. The van der Waals surface area contributed by atoms with Crippen LogP contribution in [0.2, 0.25) is 0 Å². The van der Waals surface area contributed by atoms with Gasteiger partial charge in [-0.3, -0.25) is 9.59 Å². The van der Waals surface area contributed by atoms with E-state index in [4.69, 9.17) is 10.5 Å². The molecule has 1 aliphatic heterocycles. The second-order valence-electron chi connectivity index (χ2n) is 8.23. The van der Waals surface area contributed by atoms with Crippen LogP contribution in [-0.4, -0.2) is 60.4 Å². The van der Waals surface area contributed by atoms with E-state index in [-0.39, 0.29) is 11.9 Å². The van der Waals surface area contributed by atoms with Crippen molar-refractivity contribution in [1.82, 2.24) is 9.80 Å². The number of nitrogens with zero attached hydrogens (tertiary/aromatic N) is 2. The van der Waals surface area contributed by atoms with Gasteiger partial charge < -0.3 is 25.6 Å². The van der Waals surface area contributed by atoms with E-state index in [2.05, 4.69) is 5.32 Å². The van der Waals surface area contributed by atoms with Crippen molar-refractivity contribution in [3.63, 3.8) is 0 Å². The lowest BCUT2D eigenvalue weighted by Gasteiger charge is -2.34. The number of hydrogen-bond donors (Lipinski definition) is 2. The SMILES string of the molecule is NC(=O)c1ccccc1OCCc1cccc(C(=O)N2CCN(C(=O)Nc3ccccc3)CC2)c1. The summed E-state index contributed by atoms with van der Waals surface area (Å²) in [4.78, 5) is 40.6. The number of urea groups is 1. The van der Waals surface area contributed by atoms with Crippen LogP contribution in [0.25, 0.3) is 0 Å². The molecule has 0 bridgehead atoms. The van der Waals surface area contributed by atoms with Gasteiger partial charge in [0, 0.05) is 43.9 Å². The van der Waals surface area contributed by atoms with E-state index in [1.807, 2.05) is 48.5 Å². The number of nitrogens with one attached hydrogen (secondary N) is 1. The molecule has 4 amide bonds. The molecule has 0 atom stereocenters. The van der Waals surface area contributed by atoms with Gasteiger partial charge in [0.2, 0.25) is 0 Å². The lowest BCUT2D eigenvalue weighted by atomic mass is 10.1. The number of para-hydroxylation sites is 2. The smallest absolute Gasteiger partial charge is 0.321 e. The van der Waals surface area contributed by atoms with Crippen LogP contribution < -0.4 is 15.8 Å². The summed E-state index contributed by atoms with van der Waals surface area (Å²) < 4.78 is 5.76. The highest BCUT2D eigenvalue weighted by Gasteiger charge is 2.25. The number of hydrogen-bond acceptors (Lipinski definition) is 4. The summed E-state index contributed by atoms with van der Waals surface area (Å²) in [6, 6.07) is 23.4. The topological polar surface area (TPSA) is 105 Å². The first-order chi connectivity index (χ1) is 17.0. The second kappa shape index (κ2) is 11.2. The Kier molecular flexibility index (Phi) is 7.62. The molecule has 180 valence electrons. The van der Waals surface area contributed by atoms with Gasteiger partial charge in [-0.15, -0.1) is 0 Å². The molecular formula is C27H28N4O4. The van der Waals surface area contributed by atoms with E-state index < -0.39 is 5.91 Å². The van der Waals surface area contributed by atoms with Crippen molar-refractivity contribution in [2.75, 3.05) is 38.1 Å². The number of amides is 4. The Bertz CT molecular complexity index is 1190. The molecule has 1 saturated heterocycles. The molecular weight excluding hydrogens is 444 g/mol. The normalized spacial score (nSPS) is 13.3. The molecule has 1 fully saturated rings. The quantitative estimate of drug-likeness (QED) is 0.550. The molecule has 0 spiro atoms. The minimum atomic E-state index is -0.536. The molecule has 35 heavy (non-hydrogen) atoms. The second-order valence-corrected chi connectivity index (χ2v) is 8.23. The summed E-state index contributed by atoms with van der Waals surface area (Å²) in [5.74, 6) is -0.151. The van der Waals surface area contributed by atoms with E-state index >= 15 is 0 Å². The van der Waals surface area contributed by atoms with Gasteiger partial charge in [0.1, 0.15) is 5.75 Å². The van der Waals surface area contributed by atoms with Crippen molar-refractivity contribution in [2.24, 2.45) is 5.73 Å². The summed E-state index contributed by atoms with van der Waals surface area (Å²) in [5, 5.41) is 2.88. The number of piperazine rings is 1. The van der Waals surface area contributed by atoms with Crippen LogP contribution >= 0.6 is 0 Å². The minimum absolute atomic E-state index is 0.0602. The molecule has 1 heterocycles. The predicted molar refractivity (Wildman–Crippen MR) is 134 cm³/mol. The van der Waals surface area contributed by atoms with Crippen LogP contribution in [0, 0.1) is 0 Å². The van der Waals surface area contributed by atoms with Crippen LogP contribution in [0.15, 0.2) is 78.9 Å². The maximum atomic E-state index is 13.1. The van der Waals surface area contributed by atoms with Gasteiger partial charge >= 0.3 is 6.03 Å². The molecule has 3 aromatic rings. The van der Waals surface area contributed by atoms with Gasteiger partial charge in [-0.1, -0.05) is 42.5 Å². The van der Waals surface area contributed by atoms with Gasteiger partial charge in [-0.05, 0) is 42.0 Å². The summed E-state index contributed by atoms with van der Waals surface area (Å²) in [5.41, 5.74) is 8.03. The maximum absolute atomic E-state index is 13.1. The van der Waals surface area contributed by atoms with Gasteiger partial charge in [-0.2, -0.15) is 0 Å². The Morgan fingerprint density at radius 1 is 0.829 bits per heavy atom. The number of benzene rings is 3. The maximum Gasteiger partial charge on any atom is 0.321 e. The first kappa shape index (κ1) is 23.8. The van der Waals surface area contributed by atoms with Crippen LogP contribution in [0.1, 0.15) is 26.3 Å². The van der Waals surface area contributed by atoms with Crippen LogP contribution in [0.3, 0.4) is 0 Å². The fraction of sp³-hybridized carbons (Fsp3) is 0.222. The number of rotatable bonds is 7. The molecule has 0 aromatic heterocycles. The van der Waals surface area contributed by atoms with E-state index in [0.717, 1.165) is 11.3 Å². The Balaban J connectivity index is 1.29. The van der Waals surface area contributed by atoms with Gasteiger partial charge in [0.05, 0.1) is 12.2 Å². The van der Waals surface area contributed by atoms with Crippen molar-refractivity contribution in [2.45, 2.75) is 6.42 Å². The zero-order valence-electron chi connectivity index (χ0n) is 19.4. The molecule has 8 nitrogen and oxygen atoms in total. The van der Waals surface area contributed by atoms with E-state index in [9.17, 15) is 14.4 Å². The zero-order valence-corrected chi connectivity index (χ0v) is 19.4. The predicted octanol–water partition coefficient (Wildman–Crippen LogP) is 3.40. The van der Waals surface area contributed by atoms with E-state index in [1.165, 1.54) is 0 Å². The van der Waals surface area contributed by atoms with E-state index in [0.29, 0.717) is 56.1 Å². The first-order valence-electron chi connectivity index (χ1n) is 11.5. The number of primary amides is 1. The molecule has 0 saturated carbocycles. The van der Waals surface area contributed by atoms with Gasteiger partial charge in [-0.25, -0.2) is 4.79 Å². The summed E-state index contributed by atoms with van der Waals surface area (Å²) in [7, 11) is 0. The number of ether oxygens (including phenoxy) is 1. The average Bonchev–Trinajstić information content (AvgIpc) is 2.89. The van der Waals surface area contributed by atoms with Gasteiger partial charge in [0.15, 0.2) is 0 Å². The lowest BCUT2D eigenvalue weighted by Crippen LogP contribution is -2.51. The molecule has 3 N–H and O–H groups in total. The Morgan fingerprint density at radius 2 is 1.51 bits per heavy atom. The van der Waals surface area contributed by atoms with Crippen LogP contribution in [0.5, 0.6) is 5.75 Å². The monoisotopic (exact) mass is 472 g/mol. The van der Waals surface area contributed by atoms with Crippen molar-refractivity contribution in [1.29, 1.82) is 0 Å². The average molecular weight is 473 g/mol. The fourth-order valence-electron chi connectivity index (χ4n) is 3.95. The standard InChI is InChI=1S/C27H28N4O4/c28-25(32)23-11-4-5-12-24(23)35-18-13-20-7-6-8-21(19-20)26(33)30-14-16-31(17-15-30)27(34)29-22-9-2-1-3-10-22/h1-12,19H,13-18H2,(H2,28,32)(H,29,34). The minimum Gasteiger partial charge on any atom is -0.492 e. The van der Waals surface area contributed by atoms with Crippen molar-refractivity contribution in [3.8, 4) is 5.75 Å². The largest absolute Gasteiger partial charge is 0.492 e. The number of nitrogens with two attached hydrogens (primary N) is 1. The van der Waals surface area contributed by atoms with Crippen molar-refractivity contribution < 1.29 is 19.1 Å². The van der Waals surface area contributed by atoms with Crippen molar-refractivity contribution in [3.05, 3.63) is 95.6 Å². The number of carbonyl (C=O) groups excluding carboxylic acids is 3. The van der Waals surface area contributed by atoms with E-state index in [1.54, 1.807) is 40.1 Å². The Hall–Kier alpha value is -4.33. The first-order valence-corrected chi connectivity index (χ1v) is 11.5. The fourth-order valence-corrected chi connectivity index (χ4v) is 3.95. The molecule has 0 unspecified atom stereocenters. The zero-order chi connectivity index (χ0) is 24.6. The van der Waals surface area contributed by atoms with Gasteiger partial charge in [0.25, 0.3) is 11.8 Å². The molecule has 0 radical (unpaired) electrons. The molecule has 3 aromatic carbocycles. The highest BCUT2D eigenvalue weighted by molar-refractivity contribution is 5.96. The van der Waals surface area contributed by atoms with Crippen LogP contribution in [-0.2, 0) is 6.42 Å². The summed E-state index contributed by atoms with van der Waals surface area (Å²) >= 11 is 0. The van der Waals surface area contributed by atoms with Crippen LogP contribution in [0.4, 0.5) is 10.5 Å². The summed E-state index contributed by atoms with van der Waals surface area (Å²) in [6.07, 6.45) is 0.571.